The van der Waals surface area contributed by atoms with E-state index in [2.05, 4.69) is 92.1 Å². The van der Waals surface area contributed by atoms with E-state index >= 15 is 0 Å². The van der Waals surface area contributed by atoms with Gasteiger partial charge in [-0.3, -0.25) is 0 Å². The summed E-state index contributed by atoms with van der Waals surface area (Å²) in [6.45, 7) is 9.25. The van der Waals surface area contributed by atoms with E-state index in [9.17, 15) is 0 Å². The molecule has 2 nitrogen and oxygen atoms in total. The van der Waals surface area contributed by atoms with E-state index in [-0.39, 0.29) is 0 Å². The molecule has 2 aromatic heterocycles. The van der Waals surface area contributed by atoms with Crippen LogP contribution in [-0.2, 0) is 0 Å². The number of hydrogen-bond donors (Lipinski definition) is 0. The topological polar surface area (TPSA) is 18.5 Å². The van der Waals surface area contributed by atoms with Crippen LogP contribution in [0.25, 0.3) is 20.2 Å². The predicted molar refractivity (Wildman–Crippen MR) is 209 cm³/mol. The van der Waals surface area contributed by atoms with Gasteiger partial charge < -0.3 is 0 Å². The molecule has 3 rings (SSSR count). The van der Waals surface area contributed by atoms with Crippen molar-refractivity contribution in [1.82, 2.24) is 0 Å². The number of ether oxygens (including phenoxy) is 2. The van der Waals surface area contributed by atoms with Gasteiger partial charge in [-0.2, -0.15) is 0 Å². The van der Waals surface area contributed by atoms with Crippen LogP contribution in [-0.4, -0.2) is 49.0 Å². The maximum atomic E-state index is 7.31. The maximum absolute atomic E-state index is 7.31. The molecule has 0 amide bonds. The number of rotatable bonds is 22. The number of benzene rings is 1. The van der Waals surface area contributed by atoms with Gasteiger partial charge >= 0.3 is 291 Å². The molecule has 0 atom stereocenters. The Kier molecular flexibility index (Phi) is 16.5. The van der Waals surface area contributed by atoms with Crippen molar-refractivity contribution in [2.75, 3.05) is 0 Å². The van der Waals surface area contributed by atoms with Gasteiger partial charge in [-0.25, -0.2) is 0 Å². The first-order valence-electron chi connectivity index (χ1n) is 18.3. The van der Waals surface area contributed by atoms with E-state index < -0.39 is 36.8 Å². The number of fused-ring (bicyclic) bond motifs is 2. The quantitative estimate of drug-likeness (QED) is 0.0740. The van der Waals surface area contributed by atoms with Gasteiger partial charge in [0.15, 0.2) is 0 Å². The van der Waals surface area contributed by atoms with Crippen molar-refractivity contribution in [3.8, 4) is 11.5 Å². The molecule has 0 aliphatic carbocycles. The molecule has 44 heavy (non-hydrogen) atoms. The first kappa shape index (κ1) is 38.8. The average Bonchev–Trinajstić information content (AvgIpc) is 3.61. The molecular weight excluding hydrogens is 790 g/mol. The van der Waals surface area contributed by atoms with E-state index in [0.717, 1.165) is 0 Å². The van der Waals surface area contributed by atoms with E-state index in [1.165, 1.54) is 134 Å². The van der Waals surface area contributed by atoms with Gasteiger partial charge in [-0.05, 0) is 0 Å². The Hall–Kier alpha value is 0.337. The van der Waals surface area contributed by atoms with Crippen LogP contribution in [0.3, 0.4) is 0 Å². The second kappa shape index (κ2) is 18.8. The fraction of sp³-hybridized carbons (Fsp3) is 0.737. The summed E-state index contributed by atoms with van der Waals surface area (Å²) in [5.41, 5.74) is 0. The molecule has 0 aliphatic rings. The van der Waals surface area contributed by atoms with Crippen LogP contribution in [0.15, 0.2) is 12.1 Å². The molecule has 0 saturated carbocycles. The minimum absolute atomic E-state index is 0.298. The minimum atomic E-state index is -2.34. The Balaban J connectivity index is 2.23. The molecule has 0 saturated heterocycles. The molecule has 2 heterocycles. The molecule has 0 bridgehead atoms. The van der Waals surface area contributed by atoms with E-state index in [1.54, 1.807) is 5.79 Å². The zero-order valence-electron chi connectivity index (χ0n) is 30.3. The summed E-state index contributed by atoms with van der Waals surface area (Å²) < 4.78 is 20.7. The zero-order valence-corrected chi connectivity index (χ0v) is 37.6. The summed E-state index contributed by atoms with van der Waals surface area (Å²) in [5.74, 6) is 2.39. The summed E-state index contributed by atoms with van der Waals surface area (Å²) >= 11 is -0.575. The van der Waals surface area contributed by atoms with Crippen molar-refractivity contribution in [1.29, 1.82) is 0 Å². The Bertz CT molecular complexity index is 1090. The second-order valence-electron chi connectivity index (χ2n) is 15.3. The molecule has 0 N–H and O–H groups in total. The van der Waals surface area contributed by atoms with Crippen LogP contribution >= 0.6 is 22.7 Å². The monoisotopic (exact) mass is 858 g/mol. The average molecular weight is 856 g/mol. The summed E-state index contributed by atoms with van der Waals surface area (Å²) in [4.78, 5) is 15.4. The molecule has 250 valence electrons. The third-order valence-electron chi connectivity index (χ3n) is 8.93. The molecule has 0 fully saturated rings. The number of hydrogen-bond acceptors (Lipinski definition) is 4. The number of unbranched alkanes of at least 4 members (excludes halogenated alkanes) is 8. The van der Waals surface area contributed by atoms with E-state index in [4.69, 9.17) is 9.47 Å². The van der Waals surface area contributed by atoms with Crippen molar-refractivity contribution in [3.63, 3.8) is 0 Å². The standard InChI is InChI=1S/C32H48O2S2.6CH3.2Sn/c1-5-9-13-17-25(18-14-10-6-2)33-29-27-21-23-36-32(27)30(28-22-24-35-31(28)29)34-26(19-15-11-7-3)20-16-12-8-4;;;;;;;;/h21-22,25-26H,5-20H2,1-4H3;6*1H3;;. The van der Waals surface area contributed by atoms with Crippen LogP contribution in [0.2, 0.25) is 29.6 Å². The molecular formula is C38H66O2S2Sn2. The summed E-state index contributed by atoms with van der Waals surface area (Å²) in [7, 11) is 0. The number of thiophene rings is 2. The summed E-state index contributed by atoms with van der Waals surface area (Å²) in [6.07, 6.45) is 20.6. The van der Waals surface area contributed by atoms with Crippen molar-refractivity contribution in [2.24, 2.45) is 0 Å². The molecule has 0 unspecified atom stereocenters. The third-order valence-corrected chi connectivity index (χ3v) is 30.1. The van der Waals surface area contributed by atoms with Crippen LogP contribution in [0.4, 0.5) is 0 Å². The molecule has 0 radical (unpaired) electrons. The van der Waals surface area contributed by atoms with Gasteiger partial charge in [-0.1, -0.05) is 0 Å². The SMILES string of the molecule is CCCCCC(CCCCC)Oc1c2c[c]([Sn]([CH3])([CH3])[CH3])sc2c(OC(CCCCC)CCCCC)c2c[c]([Sn]([CH3])([CH3])[CH3])sc12. The normalized spacial score (nSPS) is 12.8. The van der Waals surface area contributed by atoms with Gasteiger partial charge in [-0.15, -0.1) is 0 Å². The van der Waals surface area contributed by atoms with Crippen molar-refractivity contribution >= 4 is 85.4 Å². The fourth-order valence-corrected chi connectivity index (χ4v) is 18.7. The van der Waals surface area contributed by atoms with E-state index in [0.29, 0.717) is 12.2 Å². The molecule has 0 spiro atoms. The van der Waals surface area contributed by atoms with Gasteiger partial charge in [0.1, 0.15) is 0 Å². The first-order valence-corrected chi connectivity index (χ1v) is 39.9. The molecule has 3 aromatic rings. The first-order chi connectivity index (χ1) is 20.9. The van der Waals surface area contributed by atoms with E-state index in [1.807, 2.05) is 0 Å². The Labute approximate surface area is 288 Å². The van der Waals surface area contributed by atoms with Crippen molar-refractivity contribution < 1.29 is 9.47 Å². The second-order valence-corrected chi connectivity index (χ2v) is 48.3. The summed E-state index contributed by atoms with van der Waals surface area (Å²) in [5, 5.41) is 2.71. The van der Waals surface area contributed by atoms with Gasteiger partial charge in [0.25, 0.3) is 0 Å². The van der Waals surface area contributed by atoms with Gasteiger partial charge in [0.2, 0.25) is 0 Å². The van der Waals surface area contributed by atoms with Crippen LogP contribution in [0.1, 0.15) is 130 Å². The zero-order chi connectivity index (χ0) is 32.3. The predicted octanol–water partition coefficient (Wildman–Crippen LogP) is 13.0. The fourth-order valence-electron chi connectivity index (χ4n) is 6.02. The third kappa shape index (κ3) is 11.2. The van der Waals surface area contributed by atoms with Gasteiger partial charge in [0.05, 0.1) is 0 Å². The van der Waals surface area contributed by atoms with Crippen molar-refractivity contribution in [2.45, 2.75) is 172 Å². The molecule has 0 aliphatic heterocycles. The Morgan fingerprint density at radius 3 is 1.05 bits per heavy atom. The molecule has 1 aromatic carbocycles. The van der Waals surface area contributed by atoms with Crippen LogP contribution in [0, 0.1) is 0 Å². The van der Waals surface area contributed by atoms with Crippen molar-refractivity contribution in [3.05, 3.63) is 12.1 Å². The Morgan fingerprint density at radius 2 is 0.795 bits per heavy atom. The van der Waals surface area contributed by atoms with Crippen LogP contribution in [0.5, 0.6) is 11.5 Å². The molecule has 6 heteroatoms. The Morgan fingerprint density at radius 1 is 0.500 bits per heavy atom. The summed E-state index contributed by atoms with van der Waals surface area (Å²) in [6, 6.07) is 5.13. The van der Waals surface area contributed by atoms with Gasteiger partial charge in [0, 0.05) is 0 Å². The van der Waals surface area contributed by atoms with Crippen LogP contribution < -0.4 is 15.3 Å².